The molecule has 1 aliphatic carbocycles. The number of nitrogens with zero attached hydrogens (tertiary/aromatic N) is 2. The van der Waals surface area contributed by atoms with Crippen LogP contribution in [0.2, 0.25) is 0 Å². The standard InChI is InChI=1S/C21H32F2N4.HI/c1-15(19-8-7-16(22)13-20(19)23)14-25-21(24-2)26-17-9-11-27(12-10-17)18-5-3-4-6-18;/h7-8,13,15,17-18H,3-6,9-12,14H2,1-2H3,(H2,24,25,26);1H. The summed E-state index contributed by atoms with van der Waals surface area (Å²) in [6.45, 7) is 4.77. The van der Waals surface area contributed by atoms with E-state index in [0.29, 0.717) is 18.2 Å². The molecule has 1 heterocycles. The second-order valence-corrected chi connectivity index (χ2v) is 7.91. The number of rotatable bonds is 5. The predicted molar refractivity (Wildman–Crippen MR) is 122 cm³/mol. The van der Waals surface area contributed by atoms with Crippen molar-refractivity contribution in [2.24, 2.45) is 4.99 Å². The van der Waals surface area contributed by atoms with Crippen molar-refractivity contribution in [3.63, 3.8) is 0 Å². The SMILES string of the molecule is CN=C(NCC(C)c1ccc(F)cc1F)NC1CCN(C2CCCC2)CC1.I. The summed E-state index contributed by atoms with van der Waals surface area (Å²) < 4.78 is 27.0. The average molecular weight is 506 g/mol. The molecule has 4 nitrogen and oxygen atoms in total. The Kier molecular flexibility index (Phi) is 9.40. The van der Waals surface area contributed by atoms with Crippen LogP contribution >= 0.6 is 24.0 Å². The molecule has 1 atom stereocenters. The number of likely N-dealkylation sites (tertiary alicyclic amines) is 1. The molecule has 0 bridgehead atoms. The molecule has 1 saturated heterocycles. The van der Waals surface area contributed by atoms with Crippen LogP contribution in [0.1, 0.15) is 56.9 Å². The second-order valence-electron chi connectivity index (χ2n) is 7.91. The van der Waals surface area contributed by atoms with Gasteiger partial charge in [0.2, 0.25) is 0 Å². The molecule has 1 unspecified atom stereocenters. The van der Waals surface area contributed by atoms with Crippen LogP contribution in [0.25, 0.3) is 0 Å². The first-order valence-electron chi connectivity index (χ1n) is 10.2. The van der Waals surface area contributed by atoms with Crippen molar-refractivity contribution in [3.8, 4) is 0 Å². The van der Waals surface area contributed by atoms with Crippen LogP contribution in [0, 0.1) is 11.6 Å². The van der Waals surface area contributed by atoms with E-state index in [0.717, 1.165) is 44.0 Å². The zero-order valence-corrected chi connectivity index (χ0v) is 19.2. The highest BCUT2D eigenvalue weighted by atomic mass is 127. The third kappa shape index (κ3) is 6.27. The van der Waals surface area contributed by atoms with E-state index in [9.17, 15) is 8.78 Å². The van der Waals surface area contributed by atoms with Gasteiger partial charge < -0.3 is 15.5 Å². The minimum Gasteiger partial charge on any atom is -0.356 e. The van der Waals surface area contributed by atoms with E-state index >= 15 is 0 Å². The monoisotopic (exact) mass is 506 g/mol. The van der Waals surface area contributed by atoms with Crippen molar-refractivity contribution in [1.82, 2.24) is 15.5 Å². The maximum Gasteiger partial charge on any atom is 0.191 e. The quantitative estimate of drug-likeness (QED) is 0.356. The first-order valence-corrected chi connectivity index (χ1v) is 10.2. The van der Waals surface area contributed by atoms with Crippen LogP contribution in [-0.4, -0.2) is 49.6 Å². The summed E-state index contributed by atoms with van der Waals surface area (Å²) in [5.74, 6) is -0.360. The van der Waals surface area contributed by atoms with Crippen LogP contribution < -0.4 is 10.6 Å². The summed E-state index contributed by atoms with van der Waals surface area (Å²) in [7, 11) is 1.76. The summed E-state index contributed by atoms with van der Waals surface area (Å²) in [6.07, 6.45) is 7.73. The average Bonchev–Trinajstić information content (AvgIpc) is 3.20. The molecule has 1 aromatic carbocycles. The molecular weight excluding hydrogens is 473 g/mol. The number of hydrogen-bond acceptors (Lipinski definition) is 2. The Morgan fingerprint density at radius 1 is 1.18 bits per heavy atom. The van der Waals surface area contributed by atoms with Crippen molar-refractivity contribution >= 4 is 29.9 Å². The Hall–Kier alpha value is -0.960. The van der Waals surface area contributed by atoms with Crippen LogP contribution in [0.15, 0.2) is 23.2 Å². The van der Waals surface area contributed by atoms with Gasteiger partial charge in [0.15, 0.2) is 5.96 Å². The summed E-state index contributed by atoms with van der Waals surface area (Å²) in [5, 5.41) is 6.79. The van der Waals surface area contributed by atoms with Crippen molar-refractivity contribution in [2.45, 2.75) is 63.5 Å². The number of benzene rings is 1. The van der Waals surface area contributed by atoms with Gasteiger partial charge in [-0.05, 0) is 37.3 Å². The van der Waals surface area contributed by atoms with Gasteiger partial charge in [0.05, 0.1) is 0 Å². The Bertz CT molecular complexity index is 641. The van der Waals surface area contributed by atoms with Gasteiger partial charge in [-0.15, -0.1) is 24.0 Å². The maximum atomic E-state index is 13.9. The molecule has 3 rings (SSSR count). The van der Waals surface area contributed by atoms with Gasteiger partial charge in [-0.25, -0.2) is 8.78 Å². The van der Waals surface area contributed by atoms with Crippen molar-refractivity contribution in [3.05, 3.63) is 35.4 Å². The van der Waals surface area contributed by atoms with Crippen LogP contribution in [-0.2, 0) is 0 Å². The highest BCUT2D eigenvalue weighted by Crippen LogP contribution is 2.26. The van der Waals surface area contributed by atoms with E-state index < -0.39 is 11.6 Å². The molecule has 0 aromatic heterocycles. The van der Waals surface area contributed by atoms with Gasteiger partial charge in [-0.1, -0.05) is 25.8 Å². The highest BCUT2D eigenvalue weighted by Gasteiger charge is 2.27. The minimum atomic E-state index is -0.544. The molecule has 1 aliphatic heterocycles. The lowest BCUT2D eigenvalue weighted by Crippen LogP contribution is -2.50. The van der Waals surface area contributed by atoms with E-state index in [1.54, 1.807) is 7.05 Å². The fourth-order valence-electron chi connectivity index (χ4n) is 4.33. The molecule has 0 spiro atoms. The van der Waals surface area contributed by atoms with Gasteiger partial charge in [0.1, 0.15) is 11.6 Å². The van der Waals surface area contributed by atoms with E-state index in [2.05, 4.69) is 20.5 Å². The second kappa shape index (κ2) is 11.3. The lowest BCUT2D eigenvalue weighted by molar-refractivity contribution is 0.150. The molecule has 2 fully saturated rings. The summed E-state index contributed by atoms with van der Waals surface area (Å²) in [4.78, 5) is 6.96. The Morgan fingerprint density at radius 3 is 2.46 bits per heavy atom. The van der Waals surface area contributed by atoms with Crippen molar-refractivity contribution < 1.29 is 8.78 Å². The van der Waals surface area contributed by atoms with Gasteiger partial charge in [0, 0.05) is 50.7 Å². The molecule has 1 aromatic rings. The summed E-state index contributed by atoms with van der Waals surface area (Å²) >= 11 is 0. The van der Waals surface area contributed by atoms with Crippen molar-refractivity contribution in [2.75, 3.05) is 26.7 Å². The molecule has 2 N–H and O–H groups in total. The largest absolute Gasteiger partial charge is 0.356 e. The molecule has 158 valence electrons. The first-order chi connectivity index (χ1) is 13.1. The fourth-order valence-corrected chi connectivity index (χ4v) is 4.33. The van der Waals surface area contributed by atoms with E-state index in [1.807, 2.05) is 6.92 Å². The van der Waals surface area contributed by atoms with E-state index in [1.165, 1.54) is 37.8 Å². The third-order valence-electron chi connectivity index (χ3n) is 6.00. The van der Waals surface area contributed by atoms with Crippen LogP contribution in [0.5, 0.6) is 0 Å². The lowest BCUT2D eigenvalue weighted by atomic mass is 10.0. The lowest BCUT2D eigenvalue weighted by Gasteiger charge is -2.36. The summed E-state index contributed by atoms with van der Waals surface area (Å²) in [6, 6.07) is 4.99. The number of hydrogen-bond donors (Lipinski definition) is 2. The third-order valence-corrected chi connectivity index (χ3v) is 6.00. The number of piperidine rings is 1. The first kappa shape index (κ1) is 23.3. The van der Waals surface area contributed by atoms with Crippen LogP contribution in [0.3, 0.4) is 0 Å². The zero-order valence-electron chi connectivity index (χ0n) is 16.9. The molecule has 28 heavy (non-hydrogen) atoms. The molecule has 0 amide bonds. The van der Waals surface area contributed by atoms with Gasteiger partial charge in [-0.2, -0.15) is 0 Å². The summed E-state index contributed by atoms with van der Waals surface area (Å²) in [5.41, 5.74) is 0.518. The van der Waals surface area contributed by atoms with Gasteiger partial charge in [-0.3, -0.25) is 4.99 Å². The Morgan fingerprint density at radius 2 is 1.86 bits per heavy atom. The molecule has 7 heteroatoms. The minimum absolute atomic E-state index is 0. The van der Waals surface area contributed by atoms with Gasteiger partial charge >= 0.3 is 0 Å². The van der Waals surface area contributed by atoms with E-state index in [-0.39, 0.29) is 29.9 Å². The van der Waals surface area contributed by atoms with Crippen molar-refractivity contribution in [1.29, 1.82) is 0 Å². The van der Waals surface area contributed by atoms with Crippen LogP contribution in [0.4, 0.5) is 8.78 Å². The highest BCUT2D eigenvalue weighted by molar-refractivity contribution is 14.0. The number of halogens is 3. The zero-order chi connectivity index (χ0) is 19.2. The fraction of sp³-hybridized carbons (Fsp3) is 0.667. The topological polar surface area (TPSA) is 39.7 Å². The predicted octanol–water partition coefficient (Wildman–Crippen LogP) is 4.26. The smallest absolute Gasteiger partial charge is 0.191 e. The maximum absolute atomic E-state index is 13.9. The molecular formula is C21H33F2IN4. The molecule has 2 aliphatic rings. The normalized spacial score (nSPS) is 20.6. The molecule has 1 saturated carbocycles. The molecule has 0 radical (unpaired) electrons. The number of nitrogens with one attached hydrogen (secondary N) is 2. The van der Waals surface area contributed by atoms with Gasteiger partial charge in [0.25, 0.3) is 0 Å². The van der Waals surface area contributed by atoms with E-state index in [4.69, 9.17) is 0 Å². The number of aliphatic imine (C=N–C) groups is 1. The Balaban J connectivity index is 0.00000280. The number of guanidine groups is 1. The Labute approximate surface area is 184 Å².